The minimum atomic E-state index is -0.780. The number of aliphatic carboxylic acids is 1. The van der Waals surface area contributed by atoms with E-state index in [4.69, 9.17) is 10.4 Å². The van der Waals surface area contributed by atoms with Gasteiger partial charge in [0.15, 0.2) is 0 Å². The molecule has 6 heteroatoms. The van der Waals surface area contributed by atoms with Gasteiger partial charge in [0, 0.05) is 37.9 Å². The van der Waals surface area contributed by atoms with Crippen LogP contribution in [0.1, 0.15) is 17.7 Å². The summed E-state index contributed by atoms with van der Waals surface area (Å²) in [6.07, 6.45) is 2.56. The molecule has 1 saturated heterocycles. The monoisotopic (exact) mass is 274 g/mol. The minimum Gasteiger partial charge on any atom is -0.480 e. The van der Waals surface area contributed by atoms with Crippen LogP contribution in [0.25, 0.3) is 0 Å². The number of nitrogens with zero attached hydrogens (tertiary/aromatic N) is 4. The van der Waals surface area contributed by atoms with E-state index in [9.17, 15) is 4.79 Å². The molecule has 106 valence electrons. The third-order valence-corrected chi connectivity index (χ3v) is 3.43. The molecular weight excluding hydrogens is 256 g/mol. The number of carbonyl (C=O) groups is 1. The molecule has 0 atom stereocenters. The van der Waals surface area contributed by atoms with Crippen molar-refractivity contribution < 1.29 is 9.90 Å². The molecule has 0 aliphatic carbocycles. The van der Waals surface area contributed by atoms with E-state index < -0.39 is 5.97 Å². The summed E-state index contributed by atoms with van der Waals surface area (Å²) in [7, 11) is 0. The average molecular weight is 274 g/mol. The van der Waals surface area contributed by atoms with E-state index in [1.165, 1.54) is 0 Å². The Labute approximate surface area is 118 Å². The van der Waals surface area contributed by atoms with Gasteiger partial charge in [-0.05, 0) is 19.0 Å². The Kier molecular flexibility index (Phi) is 5.04. The van der Waals surface area contributed by atoms with Crippen LogP contribution in [0.2, 0.25) is 0 Å². The average Bonchev–Trinajstić information content (AvgIpc) is 2.64. The van der Waals surface area contributed by atoms with Gasteiger partial charge < -0.3 is 5.11 Å². The van der Waals surface area contributed by atoms with Crippen molar-refractivity contribution in [2.24, 2.45) is 0 Å². The number of carboxylic acid groups (broad SMARTS) is 1. The van der Waals surface area contributed by atoms with Gasteiger partial charge in [-0.25, -0.2) is 4.98 Å². The lowest BCUT2D eigenvalue weighted by Gasteiger charge is -2.21. The lowest BCUT2D eigenvalue weighted by molar-refractivity contribution is -0.138. The van der Waals surface area contributed by atoms with Gasteiger partial charge in [0.2, 0.25) is 0 Å². The van der Waals surface area contributed by atoms with Gasteiger partial charge in [-0.3, -0.25) is 14.6 Å². The standard InChI is InChI=1S/C14H18N4O2/c15-9-13-12(3-1-4-16-13)10-17-5-2-6-18(8-7-17)11-14(19)20/h1,3-4H,2,5-8,10-11H2,(H,19,20). The van der Waals surface area contributed by atoms with Crippen LogP contribution in [0.15, 0.2) is 18.3 Å². The summed E-state index contributed by atoms with van der Waals surface area (Å²) in [6, 6.07) is 5.87. The van der Waals surface area contributed by atoms with Gasteiger partial charge in [-0.15, -0.1) is 0 Å². The van der Waals surface area contributed by atoms with E-state index in [2.05, 4.69) is 16.0 Å². The number of hydrogen-bond donors (Lipinski definition) is 1. The Morgan fingerprint density at radius 1 is 1.35 bits per heavy atom. The third-order valence-electron chi connectivity index (χ3n) is 3.43. The molecule has 6 nitrogen and oxygen atoms in total. The molecule has 1 aliphatic rings. The Bertz CT molecular complexity index is 512. The Hall–Kier alpha value is -1.97. The Morgan fingerprint density at radius 2 is 2.10 bits per heavy atom. The van der Waals surface area contributed by atoms with E-state index in [0.29, 0.717) is 12.2 Å². The van der Waals surface area contributed by atoms with Gasteiger partial charge in [0.05, 0.1) is 6.54 Å². The van der Waals surface area contributed by atoms with Crippen LogP contribution in [-0.2, 0) is 11.3 Å². The topological polar surface area (TPSA) is 80.5 Å². The number of aromatic nitrogens is 1. The quantitative estimate of drug-likeness (QED) is 0.863. The summed E-state index contributed by atoms with van der Waals surface area (Å²) in [6.45, 7) is 4.07. The van der Waals surface area contributed by atoms with Crippen molar-refractivity contribution in [1.82, 2.24) is 14.8 Å². The van der Waals surface area contributed by atoms with E-state index in [-0.39, 0.29) is 6.54 Å². The highest BCUT2D eigenvalue weighted by Crippen LogP contribution is 2.11. The van der Waals surface area contributed by atoms with Gasteiger partial charge in [-0.2, -0.15) is 5.26 Å². The fourth-order valence-electron chi connectivity index (χ4n) is 2.44. The number of hydrogen-bond acceptors (Lipinski definition) is 5. The highest BCUT2D eigenvalue weighted by molar-refractivity contribution is 5.69. The molecule has 0 unspecified atom stereocenters. The van der Waals surface area contributed by atoms with E-state index in [0.717, 1.165) is 38.2 Å². The van der Waals surface area contributed by atoms with Crippen LogP contribution in [0.3, 0.4) is 0 Å². The smallest absolute Gasteiger partial charge is 0.317 e. The fraction of sp³-hybridized carbons (Fsp3) is 0.500. The van der Waals surface area contributed by atoms with Gasteiger partial charge in [0.1, 0.15) is 11.8 Å². The van der Waals surface area contributed by atoms with Crippen molar-refractivity contribution in [2.45, 2.75) is 13.0 Å². The van der Waals surface area contributed by atoms with Gasteiger partial charge in [-0.1, -0.05) is 6.07 Å². The maximum absolute atomic E-state index is 10.7. The first-order valence-corrected chi connectivity index (χ1v) is 6.69. The summed E-state index contributed by atoms with van der Waals surface area (Å²) in [5.41, 5.74) is 1.40. The molecule has 0 spiro atoms. The van der Waals surface area contributed by atoms with E-state index in [1.807, 2.05) is 17.0 Å². The van der Waals surface area contributed by atoms with Crippen molar-refractivity contribution in [3.63, 3.8) is 0 Å². The van der Waals surface area contributed by atoms with Crippen molar-refractivity contribution in [3.8, 4) is 6.07 Å². The molecule has 20 heavy (non-hydrogen) atoms. The number of rotatable bonds is 4. The lowest BCUT2D eigenvalue weighted by Crippen LogP contribution is -2.34. The second-order valence-electron chi connectivity index (χ2n) is 4.92. The largest absolute Gasteiger partial charge is 0.480 e. The van der Waals surface area contributed by atoms with Crippen LogP contribution >= 0.6 is 0 Å². The molecule has 2 heterocycles. The zero-order valence-electron chi connectivity index (χ0n) is 11.3. The van der Waals surface area contributed by atoms with E-state index >= 15 is 0 Å². The second-order valence-corrected chi connectivity index (χ2v) is 4.92. The highest BCUT2D eigenvalue weighted by Gasteiger charge is 2.17. The molecule has 0 saturated carbocycles. The molecule has 1 aromatic rings. The molecule has 1 N–H and O–H groups in total. The molecule has 0 amide bonds. The normalized spacial score (nSPS) is 17.4. The predicted molar refractivity (Wildman–Crippen MR) is 72.9 cm³/mol. The molecule has 1 aromatic heterocycles. The first-order valence-electron chi connectivity index (χ1n) is 6.69. The van der Waals surface area contributed by atoms with Crippen molar-refractivity contribution >= 4 is 5.97 Å². The van der Waals surface area contributed by atoms with Crippen LogP contribution in [0.5, 0.6) is 0 Å². The summed E-state index contributed by atoms with van der Waals surface area (Å²) in [4.78, 5) is 19.0. The number of carboxylic acids is 1. The van der Waals surface area contributed by atoms with Gasteiger partial charge in [0.25, 0.3) is 0 Å². The molecular formula is C14H18N4O2. The summed E-state index contributed by atoms with van der Waals surface area (Å²) < 4.78 is 0. The molecule has 1 fully saturated rings. The van der Waals surface area contributed by atoms with Crippen molar-refractivity contribution in [1.29, 1.82) is 5.26 Å². The SMILES string of the molecule is N#Cc1ncccc1CN1CCCN(CC(=O)O)CC1. The molecule has 0 radical (unpaired) electrons. The number of nitriles is 1. The molecule has 0 aromatic carbocycles. The zero-order valence-corrected chi connectivity index (χ0v) is 11.3. The van der Waals surface area contributed by atoms with Crippen LogP contribution in [-0.4, -0.2) is 58.6 Å². The van der Waals surface area contributed by atoms with Crippen molar-refractivity contribution in [3.05, 3.63) is 29.6 Å². The number of pyridine rings is 1. The second kappa shape index (κ2) is 6.98. The van der Waals surface area contributed by atoms with E-state index in [1.54, 1.807) is 6.20 Å². The third kappa shape index (κ3) is 4.02. The summed E-state index contributed by atoms with van der Waals surface area (Å²) in [5.74, 6) is -0.780. The lowest BCUT2D eigenvalue weighted by atomic mass is 10.2. The fourth-order valence-corrected chi connectivity index (χ4v) is 2.44. The van der Waals surface area contributed by atoms with Crippen LogP contribution < -0.4 is 0 Å². The Morgan fingerprint density at radius 3 is 2.85 bits per heavy atom. The molecule has 2 rings (SSSR count). The Balaban J connectivity index is 1.94. The molecule has 1 aliphatic heterocycles. The van der Waals surface area contributed by atoms with Crippen LogP contribution in [0, 0.1) is 11.3 Å². The zero-order chi connectivity index (χ0) is 14.4. The summed E-state index contributed by atoms with van der Waals surface area (Å²) >= 11 is 0. The first kappa shape index (κ1) is 14.4. The van der Waals surface area contributed by atoms with Gasteiger partial charge >= 0.3 is 5.97 Å². The summed E-state index contributed by atoms with van der Waals surface area (Å²) in [5, 5.41) is 17.9. The predicted octanol–water partition coefficient (Wildman–Crippen LogP) is 0.546. The maximum Gasteiger partial charge on any atom is 0.317 e. The molecule has 0 bridgehead atoms. The van der Waals surface area contributed by atoms with Crippen molar-refractivity contribution in [2.75, 3.05) is 32.7 Å². The van der Waals surface area contributed by atoms with Crippen LogP contribution in [0.4, 0.5) is 0 Å². The minimum absolute atomic E-state index is 0.101. The maximum atomic E-state index is 10.7. The first-order chi connectivity index (χ1) is 9.69. The highest BCUT2D eigenvalue weighted by atomic mass is 16.4.